The monoisotopic (exact) mass is 298 g/mol. The first-order valence-corrected chi connectivity index (χ1v) is 6.77. The van der Waals surface area contributed by atoms with Gasteiger partial charge in [-0.25, -0.2) is 0 Å². The Balaban J connectivity index is 2.01. The van der Waals surface area contributed by atoms with Crippen LogP contribution in [0.25, 0.3) is 0 Å². The molecule has 3 rings (SSSR count). The van der Waals surface area contributed by atoms with Gasteiger partial charge in [0.05, 0.1) is 12.0 Å². The minimum Gasteiger partial charge on any atom is -0.497 e. The van der Waals surface area contributed by atoms with Gasteiger partial charge in [0, 0.05) is 5.56 Å². The maximum absolute atomic E-state index is 11.3. The number of hydrogen-bond donors (Lipinski definition) is 0. The molecule has 0 fully saturated rings. The summed E-state index contributed by atoms with van der Waals surface area (Å²) in [6.45, 7) is 0. The first-order chi connectivity index (χ1) is 10.7. The fourth-order valence-electron chi connectivity index (χ4n) is 2.50. The molecule has 2 atom stereocenters. The summed E-state index contributed by atoms with van der Waals surface area (Å²) < 4.78 is 5.12. The summed E-state index contributed by atoms with van der Waals surface area (Å²) in [4.78, 5) is 15.9. The number of methoxy groups -OCH3 is 1. The fraction of sp³-hybridized carbons (Fsp3) is 0.188. The number of nitro groups is 1. The van der Waals surface area contributed by atoms with Crippen LogP contribution in [0.4, 0.5) is 0 Å². The van der Waals surface area contributed by atoms with Gasteiger partial charge in [-0.2, -0.15) is 0 Å². The quantitative estimate of drug-likeness (QED) is 0.642. The normalized spacial score (nSPS) is 20.1. The molecule has 1 heterocycles. The van der Waals surface area contributed by atoms with Crippen LogP contribution in [0.2, 0.25) is 0 Å². The first kappa shape index (κ1) is 14.1. The highest BCUT2D eigenvalue weighted by Crippen LogP contribution is 2.33. The molecular weight excluding hydrogens is 284 g/mol. The Morgan fingerprint density at radius 1 is 1.14 bits per heavy atom. The highest BCUT2D eigenvalue weighted by Gasteiger charge is 2.44. The molecule has 1 aliphatic heterocycles. The first-order valence-electron chi connectivity index (χ1n) is 6.77. The Hall–Kier alpha value is -2.89. The molecule has 0 radical (unpaired) electrons. The van der Waals surface area contributed by atoms with Crippen LogP contribution in [0.5, 0.6) is 5.75 Å². The predicted octanol–water partition coefficient (Wildman–Crippen LogP) is 2.82. The summed E-state index contributed by atoms with van der Waals surface area (Å²) in [5.41, 5.74) is 2.14. The van der Waals surface area contributed by atoms with Crippen LogP contribution < -0.4 is 4.74 Å². The molecule has 6 nitrogen and oxygen atoms in total. The lowest BCUT2D eigenvalue weighted by molar-refractivity contribution is -0.574. The number of benzene rings is 2. The molecule has 2 aromatic carbocycles. The van der Waals surface area contributed by atoms with E-state index in [1.165, 1.54) is 0 Å². The zero-order valence-electron chi connectivity index (χ0n) is 11.9. The van der Waals surface area contributed by atoms with Crippen molar-refractivity contribution in [1.82, 2.24) is 0 Å². The lowest BCUT2D eigenvalue weighted by atomic mass is 9.89. The van der Waals surface area contributed by atoms with Gasteiger partial charge in [0.25, 0.3) is 0 Å². The molecule has 0 aliphatic carbocycles. The molecule has 0 bridgehead atoms. The van der Waals surface area contributed by atoms with Crippen LogP contribution in [0.15, 0.2) is 59.8 Å². The molecular formula is C16H14N2O4. The zero-order chi connectivity index (χ0) is 15.5. The molecule has 22 heavy (non-hydrogen) atoms. The van der Waals surface area contributed by atoms with Crippen molar-refractivity contribution < 1.29 is 14.5 Å². The highest BCUT2D eigenvalue weighted by molar-refractivity contribution is 6.05. The molecule has 0 spiro atoms. The Kier molecular flexibility index (Phi) is 3.74. The van der Waals surface area contributed by atoms with Crippen molar-refractivity contribution >= 4 is 5.71 Å². The Morgan fingerprint density at radius 3 is 2.41 bits per heavy atom. The van der Waals surface area contributed by atoms with Gasteiger partial charge in [-0.3, -0.25) is 10.1 Å². The lowest BCUT2D eigenvalue weighted by Gasteiger charge is -2.14. The summed E-state index contributed by atoms with van der Waals surface area (Å²) in [6.07, 6.45) is -1.22. The average Bonchev–Trinajstić information content (AvgIpc) is 3.01. The molecule has 0 unspecified atom stereocenters. The smallest absolute Gasteiger partial charge is 0.387 e. The van der Waals surface area contributed by atoms with Crippen molar-refractivity contribution in [3.63, 3.8) is 0 Å². The standard InChI is InChI=1S/C16H14N2O4/c1-21-13-9-7-11(8-10-13)14-15(12-5-3-2-4-6-12)17-22-16(14)18(19)20/h2-10,14,16H,1H3/t14-,16-/m1/s1. The summed E-state index contributed by atoms with van der Waals surface area (Å²) in [5.74, 6) is 0.141. The molecule has 0 N–H and O–H groups in total. The van der Waals surface area contributed by atoms with Gasteiger partial charge in [-0.05, 0) is 17.7 Å². The summed E-state index contributed by atoms with van der Waals surface area (Å²) in [6, 6.07) is 16.5. The molecule has 0 amide bonds. The summed E-state index contributed by atoms with van der Waals surface area (Å²) >= 11 is 0. The number of rotatable bonds is 4. The molecule has 0 saturated carbocycles. The van der Waals surface area contributed by atoms with Crippen molar-refractivity contribution in [1.29, 1.82) is 0 Å². The van der Waals surface area contributed by atoms with E-state index >= 15 is 0 Å². The van der Waals surface area contributed by atoms with Crippen LogP contribution >= 0.6 is 0 Å². The SMILES string of the molecule is COc1ccc([C@@H]2C(c3ccccc3)=NO[C@H]2[N+](=O)[O-])cc1. The van der Waals surface area contributed by atoms with Gasteiger partial charge in [-0.1, -0.05) is 47.6 Å². The van der Waals surface area contributed by atoms with E-state index in [-0.39, 0.29) is 0 Å². The second-order valence-corrected chi connectivity index (χ2v) is 4.87. The highest BCUT2D eigenvalue weighted by atomic mass is 16.7. The Morgan fingerprint density at radius 2 is 1.82 bits per heavy atom. The Labute approximate surface area is 127 Å². The molecule has 0 aromatic heterocycles. The average molecular weight is 298 g/mol. The van der Waals surface area contributed by atoms with Crippen LogP contribution in [0.1, 0.15) is 17.0 Å². The molecule has 6 heteroatoms. The Bertz CT molecular complexity index is 698. The van der Waals surface area contributed by atoms with Crippen LogP contribution in [0.3, 0.4) is 0 Å². The van der Waals surface area contributed by atoms with Gasteiger partial charge in [0.2, 0.25) is 0 Å². The van der Waals surface area contributed by atoms with E-state index in [2.05, 4.69) is 5.16 Å². The maximum atomic E-state index is 11.3. The van der Waals surface area contributed by atoms with Crippen molar-refractivity contribution in [3.8, 4) is 5.75 Å². The van der Waals surface area contributed by atoms with Crippen LogP contribution in [0, 0.1) is 10.1 Å². The van der Waals surface area contributed by atoms with Crippen LogP contribution in [-0.4, -0.2) is 24.0 Å². The second-order valence-electron chi connectivity index (χ2n) is 4.87. The van der Waals surface area contributed by atoms with Crippen molar-refractivity contribution in [2.45, 2.75) is 12.1 Å². The number of nitrogens with zero attached hydrogens (tertiary/aromatic N) is 2. The van der Waals surface area contributed by atoms with E-state index in [1.54, 1.807) is 31.4 Å². The maximum Gasteiger partial charge on any atom is 0.387 e. The van der Waals surface area contributed by atoms with Gasteiger partial charge in [0.15, 0.2) is 0 Å². The summed E-state index contributed by atoms with van der Waals surface area (Å²) in [7, 11) is 1.57. The summed E-state index contributed by atoms with van der Waals surface area (Å²) in [5, 5.41) is 15.2. The molecule has 112 valence electrons. The lowest BCUT2D eigenvalue weighted by Crippen LogP contribution is -2.29. The topological polar surface area (TPSA) is 74.0 Å². The van der Waals surface area contributed by atoms with E-state index in [0.717, 1.165) is 11.1 Å². The van der Waals surface area contributed by atoms with E-state index in [1.807, 2.05) is 30.3 Å². The second kappa shape index (κ2) is 5.85. The largest absolute Gasteiger partial charge is 0.497 e. The van der Waals surface area contributed by atoms with Crippen molar-refractivity contribution in [3.05, 3.63) is 75.8 Å². The molecule has 2 aromatic rings. The van der Waals surface area contributed by atoms with E-state index in [0.29, 0.717) is 11.5 Å². The molecule has 0 saturated heterocycles. The minimum absolute atomic E-state index is 0.450. The third-order valence-corrected chi connectivity index (χ3v) is 3.59. The third-order valence-electron chi connectivity index (χ3n) is 3.59. The molecule has 1 aliphatic rings. The minimum atomic E-state index is -1.22. The van der Waals surface area contributed by atoms with Crippen molar-refractivity contribution in [2.75, 3.05) is 7.11 Å². The van der Waals surface area contributed by atoms with E-state index < -0.39 is 17.1 Å². The van der Waals surface area contributed by atoms with Crippen molar-refractivity contribution in [2.24, 2.45) is 5.16 Å². The van der Waals surface area contributed by atoms with Gasteiger partial charge in [-0.15, -0.1) is 0 Å². The predicted molar refractivity (Wildman–Crippen MR) is 80.6 cm³/mol. The third kappa shape index (κ3) is 2.50. The van der Waals surface area contributed by atoms with Crippen LogP contribution in [-0.2, 0) is 4.84 Å². The van der Waals surface area contributed by atoms with E-state index in [9.17, 15) is 10.1 Å². The van der Waals surface area contributed by atoms with Gasteiger partial charge in [0.1, 0.15) is 17.4 Å². The number of ether oxygens (including phenoxy) is 1. The van der Waals surface area contributed by atoms with Gasteiger partial charge >= 0.3 is 6.23 Å². The van der Waals surface area contributed by atoms with E-state index in [4.69, 9.17) is 9.57 Å². The number of oxime groups is 1. The number of hydrogen-bond acceptors (Lipinski definition) is 5. The zero-order valence-corrected chi connectivity index (χ0v) is 11.9. The van der Waals surface area contributed by atoms with Gasteiger partial charge < -0.3 is 9.57 Å². The fourth-order valence-corrected chi connectivity index (χ4v) is 2.50.